The molecular weight excluding hydrogens is 152 g/mol. The zero-order chi connectivity index (χ0) is 8.10. The van der Waals surface area contributed by atoms with Crippen LogP contribution in [0.25, 0.3) is 0 Å². The molecule has 0 saturated heterocycles. The van der Waals surface area contributed by atoms with E-state index < -0.39 is 0 Å². The Bertz CT molecular complexity index is 189. The minimum Gasteiger partial charge on any atom is -0.157 e. The summed E-state index contributed by atoms with van der Waals surface area (Å²) in [5, 5.41) is 0.657. The molecule has 1 aromatic carbocycles. The number of thioether (sulfide) groups is 1. The van der Waals surface area contributed by atoms with Crippen molar-refractivity contribution < 1.29 is 0 Å². The van der Waals surface area contributed by atoms with Crippen LogP contribution in [-0.2, 0) is 0 Å². The van der Waals surface area contributed by atoms with Gasteiger partial charge in [-0.2, -0.15) is 11.8 Å². The second kappa shape index (κ2) is 4.45. The Labute approximate surface area is 73.0 Å². The number of rotatable bonds is 3. The largest absolute Gasteiger partial charge is 0.157 e. The molecule has 0 saturated carbocycles. The Kier molecular flexibility index (Phi) is 3.50. The third-order valence-electron chi connectivity index (χ3n) is 1.77. The predicted octanol–water partition coefficient (Wildman–Crippen LogP) is 3.30. The van der Waals surface area contributed by atoms with Crippen molar-refractivity contribution in [3.63, 3.8) is 0 Å². The molecule has 0 nitrogen and oxygen atoms in total. The Morgan fingerprint density at radius 2 is 2.09 bits per heavy atom. The molecule has 1 rings (SSSR count). The summed E-state index contributed by atoms with van der Waals surface area (Å²) in [6, 6.07) is 11.3. The van der Waals surface area contributed by atoms with Crippen molar-refractivity contribution in [2.24, 2.45) is 0 Å². The van der Waals surface area contributed by atoms with Gasteiger partial charge in [-0.1, -0.05) is 31.2 Å². The van der Waals surface area contributed by atoms with E-state index in [2.05, 4.69) is 31.4 Å². The van der Waals surface area contributed by atoms with Gasteiger partial charge in [0.1, 0.15) is 0 Å². The maximum absolute atomic E-state index is 3.03. The summed E-state index contributed by atoms with van der Waals surface area (Å²) < 4.78 is 0. The standard InChI is InChI=1S/C10H13S/c1-3-10(11-2)9-7-5-4-6-8-9/h5-8,10H,3H2,1-2H3. The van der Waals surface area contributed by atoms with Crippen LogP contribution in [0.15, 0.2) is 24.3 Å². The van der Waals surface area contributed by atoms with E-state index in [9.17, 15) is 0 Å². The fourth-order valence-electron chi connectivity index (χ4n) is 1.15. The minimum absolute atomic E-state index is 0.657. The van der Waals surface area contributed by atoms with Gasteiger partial charge in [0.2, 0.25) is 0 Å². The molecule has 0 aliphatic heterocycles. The topological polar surface area (TPSA) is 0 Å². The SMILES string of the molecule is CCC(SC)c1cc[c]cc1. The van der Waals surface area contributed by atoms with Gasteiger partial charge < -0.3 is 0 Å². The molecule has 1 atom stereocenters. The normalized spacial score (nSPS) is 12.9. The Hall–Kier alpha value is -0.430. The lowest BCUT2D eigenvalue weighted by molar-refractivity contribution is 0.898. The maximum atomic E-state index is 3.03. The van der Waals surface area contributed by atoms with Gasteiger partial charge in [0.25, 0.3) is 0 Å². The average Bonchev–Trinajstić information content (AvgIpc) is 2.09. The van der Waals surface area contributed by atoms with Crippen LogP contribution in [0, 0.1) is 6.07 Å². The first-order valence-corrected chi connectivity index (χ1v) is 5.16. The van der Waals surface area contributed by atoms with E-state index >= 15 is 0 Å². The number of hydrogen-bond acceptors (Lipinski definition) is 1. The van der Waals surface area contributed by atoms with Gasteiger partial charge in [-0.3, -0.25) is 0 Å². The molecule has 59 valence electrons. The van der Waals surface area contributed by atoms with Crippen LogP contribution >= 0.6 is 11.8 Å². The van der Waals surface area contributed by atoms with Gasteiger partial charge in [0.05, 0.1) is 0 Å². The summed E-state index contributed by atoms with van der Waals surface area (Å²) in [6.07, 6.45) is 3.36. The highest BCUT2D eigenvalue weighted by molar-refractivity contribution is 7.98. The number of benzene rings is 1. The summed E-state index contributed by atoms with van der Waals surface area (Å²) in [5.41, 5.74) is 1.42. The van der Waals surface area contributed by atoms with E-state index in [1.165, 1.54) is 12.0 Å². The zero-order valence-corrected chi connectivity index (χ0v) is 7.82. The molecule has 0 bridgehead atoms. The molecule has 11 heavy (non-hydrogen) atoms. The van der Waals surface area contributed by atoms with E-state index in [0.29, 0.717) is 5.25 Å². The Morgan fingerprint density at radius 3 is 2.55 bits per heavy atom. The lowest BCUT2D eigenvalue weighted by Crippen LogP contribution is -1.89. The third-order valence-corrected chi connectivity index (χ3v) is 2.95. The van der Waals surface area contributed by atoms with Crippen molar-refractivity contribution in [2.45, 2.75) is 18.6 Å². The predicted molar refractivity (Wildman–Crippen MR) is 51.8 cm³/mol. The quantitative estimate of drug-likeness (QED) is 0.662. The lowest BCUT2D eigenvalue weighted by Gasteiger charge is -2.10. The molecule has 0 aromatic heterocycles. The fraction of sp³-hybridized carbons (Fsp3) is 0.400. The van der Waals surface area contributed by atoms with Crippen molar-refractivity contribution in [1.29, 1.82) is 0 Å². The summed E-state index contributed by atoms with van der Waals surface area (Å²) in [6.45, 7) is 2.22. The Morgan fingerprint density at radius 1 is 1.45 bits per heavy atom. The zero-order valence-electron chi connectivity index (χ0n) is 7.00. The van der Waals surface area contributed by atoms with Crippen LogP contribution in [0.4, 0.5) is 0 Å². The monoisotopic (exact) mass is 165 g/mol. The van der Waals surface area contributed by atoms with E-state index in [-0.39, 0.29) is 0 Å². The first-order valence-electron chi connectivity index (χ1n) is 3.87. The summed E-state index contributed by atoms with van der Waals surface area (Å²) in [4.78, 5) is 0. The highest BCUT2D eigenvalue weighted by Crippen LogP contribution is 2.28. The van der Waals surface area contributed by atoms with E-state index in [1.807, 2.05) is 23.9 Å². The second-order valence-electron chi connectivity index (χ2n) is 2.47. The molecule has 0 N–H and O–H groups in total. The second-order valence-corrected chi connectivity index (χ2v) is 3.51. The maximum Gasteiger partial charge on any atom is 0.0291 e. The molecule has 0 aliphatic rings. The van der Waals surface area contributed by atoms with E-state index in [4.69, 9.17) is 0 Å². The molecule has 1 radical (unpaired) electrons. The molecule has 0 spiro atoms. The summed E-state index contributed by atoms with van der Waals surface area (Å²) in [7, 11) is 0. The number of hydrogen-bond donors (Lipinski definition) is 0. The van der Waals surface area contributed by atoms with E-state index in [1.54, 1.807) is 0 Å². The van der Waals surface area contributed by atoms with Crippen LogP contribution in [0.2, 0.25) is 0 Å². The van der Waals surface area contributed by atoms with Gasteiger partial charge >= 0.3 is 0 Å². The summed E-state index contributed by atoms with van der Waals surface area (Å²) >= 11 is 1.91. The van der Waals surface area contributed by atoms with Crippen LogP contribution in [0.5, 0.6) is 0 Å². The minimum atomic E-state index is 0.657. The Balaban J connectivity index is 2.74. The molecule has 1 heteroatoms. The van der Waals surface area contributed by atoms with Crippen molar-refractivity contribution in [2.75, 3.05) is 6.26 Å². The van der Waals surface area contributed by atoms with E-state index in [0.717, 1.165) is 0 Å². The van der Waals surface area contributed by atoms with Crippen LogP contribution < -0.4 is 0 Å². The van der Waals surface area contributed by atoms with Crippen molar-refractivity contribution in [3.05, 3.63) is 35.9 Å². The van der Waals surface area contributed by atoms with Crippen LogP contribution in [-0.4, -0.2) is 6.26 Å². The first-order chi connectivity index (χ1) is 5.38. The van der Waals surface area contributed by atoms with Crippen LogP contribution in [0.3, 0.4) is 0 Å². The highest BCUT2D eigenvalue weighted by Gasteiger charge is 2.04. The van der Waals surface area contributed by atoms with Crippen LogP contribution in [0.1, 0.15) is 24.2 Å². The van der Waals surface area contributed by atoms with Gasteiger partial charge in [0, 0.05) is 5.25 Å². The van der Waals surface area contributed by atoms with Gasteiger partial charge in [-0.15, -0.1) is 0 Å². The van der Waals surface area contributed by atoms with Crippen molar-refractivity contribution in [1.82, 2.24) is 0 Å². The van der Waals surface area contributed by atoms with Crippen molar-refractivity contribution in [3.8, 4) is 0 Å². The van der Waals surface area contributed by atoms with Gasteiger partial charge in [-0.05, 0) is 24.3 Å². The fourth-order valence-corrected chi connectivity index (χ4v) is 1.92. The highest BCUT2D eigenvalue weighted by atomic mass is 32.2. The van der Waals surface area contributed by atoms with Gasteiger partial charge in [-0.25, -0.2) is 0 Å². The molecule has 0 heterocycles. The molecule has 0 fully saturated rings. The molecule has 0 amide bonds. The smallest absolute Gasteiger partial charge is 0.0291 e. The molecule has 1 aromatic rings. The molecule has 1 unspecified atom stereocenters. The lowest BCUT2D eigenvalue weighted by atomic mass is 10.1. The summed E-state index contributed by atoms with van der Waals surface area (Å²) in [5.74, 6) is 0. The molecular formula is C10H13S. The molecule has 0 aliphatic carbocycles. The first kappa shape index (κ1) is 8.66. The van der Waals surface area contributed by atoms with Crippen molar-refractivity contribution >= 4 is 11.8 Å². The third kappa shape index (κ3) is 2.26. The van der Waals surface area contributed by atoms with Gasteiger partial charge in [0.15, 0.2) is 0 Å². The average molecular weight is 165 g/mol.